The number of carbonyl (C=O) groups excluding carboxylic acids is 1. The molecule has 0 aromatic heterocycles. The van der Waals surface area contributed by atoms with Crippen LogP contribution in [0, 0.1) is 17.8 Å². The first-order chi connectivity index (χ1) is 6.22. The van der Waals surface area contributed by atoms with Crippen molar-refractivity contribution in [3.05, 3.63) is 25.3 Å². The number of esters is 1. The van der Waals surface area contributed by atoms with Crippen LogP contribution in [0.5, 0.6) is 0 Å². The van der Waals surface area contributed by atoms with Gasteiger partial charge in [0.05, 0.1) is 13.0 Å². The number of methoxy groups -OCH3 is 1. The first-order valence-electron chi connectivity index (χ1n) is 4.55. The number of allylic oxidation sites excluding steroid dienone is 2. The summed E-state index contributed by atoms with van der Waals surface area (Å²) >= 11 is 0. The van der Waals surface area contributed by atoms with Gasteiger partial charge in [0, 0.05) is 0 Å². The summed E-state index contributed by atoms with van der Waals surface area (Å²) in [6, 6.07) is 0. The lowest BCUT2D eigenvalue weighted by Gasteiger charge is -2.12. The highest BCUT2D eigenvalue weighted by atomic mass is 16.5. The lowest BCUT2D eigenvalue weighted by atomic mass is 9.97. The Bertz CT molecular complexity index is 220. The van der Waals surface area contributed by atoms with E-state index in [0.717, 1.165) is 12.8 Å². The number of ether oxygens (including phenoxy) is 1. The highest BCUT2D eigenvalue weighted by Crippen LogP contribution is 2.38. The molecule has 1 fully saturated rings. The largest absolute Gasteiger partial charge is 0.469 e. The van der Waals surface area contributed by atoms with Crippen LogP contribution < -0.4 is 0 Å². The highest BCUT2D eigenvalue weighted by molar-refractivity contribution is 5.73. The maximum atomic E-state index is 11.3. The van der Waals surface area contributed by atoms with E-state index in [9.17, 15) is 4.79 Å². The number of hydrogen-bond donors (Lipinski definition) is 0. The molecule has 0 amide bonds. The second kappa shape index (κ2) is 4.26. The molecule has 3 atom stereocenters. The summed E-state index contributed by atoms with van der Waals surface area (Å²) in [4.78, 5) is 11.3. The van der Waals surface area contributed by atoms with Gasteiger partial charge in [0.15, 0.2) is 0 Å². The molecule has 13 heavy (non-hydrogen) atoms. The van der Waals surface area contributed by atoms with Crippen molar-refractivity contribution in [3.63, 3.8) is 0 Å². The highest BCUT2D eigenvalue weighted by Gasteiger charge is 2.36. The Labute approximate surface area is 79.3 Å². The Hall–Kier alpha value is -1.05. The van der Waals surface area contributed by atoms with Crippen molar-refractivity contribution < 1.29 is 9.53 Å². The van der Waals surface area contributed by atoms with Gasteiger partial charge in [0.1, 0.15) is 0 Å². The van der Waals surface area contributed by atoms with Crippen molar-refractivity contribution in [1.82, 2.24) is 0 Å². The average Bonchev–Trinajstić information content (AvgIpc) is 2.59. The minimum Gasteiger partial charge on any atom is -0.469 e. The second-order valence-electron chi connectivity index (χ2n) is 3.50. The summed E-state index contributed by atoms with van der Waals surface area (Å²) in [6.45, 7) is 7.48. The number of rotatable bonds is 3. The summed E-state index contributed by atoms with van der Waals surface area (Å²) in [5, 5.41) is 0. The van der Waals surface area contributed by atoms with Crippen molar-refractivity contribution >= 4 is 5.97 Å². The zero-order chi connectivity index (χ0) is 9.84. The van der Waals surface area contributed by atoms with Gasteiger partial charge < -0.3 is 4.74 Å². The van der Waals surface area contributed by atoms with Gasteiger partial charge in [-0.2, -0.15) is 0 Å². The molecule has 1 unspecified atom stereocenters. The van der Waals surface area contributed by atoms with Crippen molar-refractivity contribution in [1.29, 1.82) is 0 Å². The van der Waals surface area contributed by atoms with Crippen LogP contribution in [-0.2, 0) is 9.53 Å². The third-order valence-corrected chi connectivity index (χ3v) is 2.79. The van der Waals surface area contributed by atoms with Crippen LogP contribution in [0.4, 0.5) is 0 Å². The first-order valence-corrected chi connectivity index (χ1v) is 4.55. The first kappa shape index (κ1) is 10.0. The molecule has 0 aromatic carbocycles. The Morgan fingerprint density at radius 2 is 2.08 bits per heavy atom. The third-order valence-electron chi connectivity index (χ3n) is 2.79. The van der Waals surface area contributed by atoms with Crippen LogP contribution in [0.1, 0.15) is 12.8 Å². The molecule has 0 spiro atoms. The molecule has 0 radical (unpaired) electrons. The van der Waals surface area contributed by atoms with E-state index in [2.05, 4.69) is 13.2 Å². The zero-order valence-electron chi connectivity index (χ0n) is 8.03. The standard InChI is InChI=1S/C11H16O2/c1-4-8-6-9(5-2)10(7-8)11(12)13-3/h4-5,8-10H,1-2,6-7H2,3H3/t8-,9+,10?/m0/s1. The van der Waals surface area contributed by atoms with Gasteiger partial charge in [0.25, 0.3) is 0 Å². The van der Waals surface area contributed by atoms with E-state index in [1.54, 1.807) is 0 Å². The van der Waals surface area contributed by atoms with Crippen LogP contribution in [0.2, 0.25) is 0 Å². The van der Waals surface area contributed by atoms with E-state index in [1.165, 1.54) is 7.11 Å². The van der Waals surface area contributed by atoms with Gasteiger partial charge in [-0.05, 0) is 24.7 Å². The summed E-state index contributed by atoms with van der Waals surface area (Å²) in [5.74, 6) is 0.572. The lowest BCUT2D eigenvalue weighted by molar-refractivity contribution is -0.146. The van der Waals surface area contributed by atoms with Gasteiger partial charge in [0.2, 0.25) is 0 Å². The fourth-order valence-corrected chi connectivity index (χ4v) is 1.99. The molecule has 1 aliphatic rings. The van der Waals surface area contributed by atoms with E-state index < -0.39 is 0 Å². The van der Waals surface area contributed by atoms with Gasteiger partial charge in [-0.25, -0.2) is 0 Å². The molecular formula is C11H16O2. The summed E-state index contributed by atoms with van der Waals surface area (Å²) < 4.78 is 4.74. The van der Waals surface area contributed by atoms with Crippen LogP contribution in [0.3, 0.4) is 0 Å². The minimum absolute atomic E-state index is 0.00880. The molecule has 0 N–H and O–H groups in total. The third kappa shape index (κ3) is 2.00. The molecule has 0 aliphatic heterocycles. The quantitative estimate of drug-likeness (QED) is 0.491. The summed E-state index contributed by atoms with van der Waals surface area (Å²) in [6.07, 6.45) is 5.60. The van der Waals surface area contributed by atoms with E-state index in [-0.39, 0.29) is 17.8 Å². The smallest absolute Gasteiger partial charge is 0.309 e. The molecule has 1 rings (SSSR count). The fraction of sp³-hybridized carbons (Fsp3) is 0.545. The Morgan fingerprint density at radius 1 is 1.38 bits per heavy atom. The Morgan fingerprint density at radius 3 is 2.54 bits per heavy atom. The van der Waals surface area contributed by atoms with E-state index in [0.29, 0.717) is 5.92 Å². The van der Waals surface area contributed by atoms with Crippen molar-refractivity contribution in [2.75, 3.05) is 7.11 Å². The molecule has 0 heterocycles. The fourth-order valence-electron chi connectivity index (χ4n) is 1.99. The van der Waals surface area contributed by atoms with Crippen molar-refractivity contribution in [2.24, 2.45) is 17.8 Å². The molecule has 2 nitrogen and oxygen atoms in total. The molecular weight excluding hydrogens is 164 g/mol. The van der Waals surface area contributed by atoms with E-state index >= 15 is 0 Å². The monoisotopic (exact) mass is 180 g/mol. The van der Waals surface area contributed by atoms with E-state index in [1.807, 2.05) is 12.2 Å². The Balaban J connectivity index is 2.67. The molecule has 0 aromatic rings. The molecule has 2 heteroatoms. The molecule has 1 aliphatic carbocycles. The molecule has 0 bridgehead atoms. The summed E-state index contributed by atoms with van der Waals surface area (Å²) in [7, 11) is 1.43. The van der Waals surface area contributed by atoms with Crippen LogP contribution in [-0.4, -0.2) is 13.1 Å². The number of carbonyl (C=O) groups is 1. The Kier molecular flexibility index (Phi) is 3.29. The topological polar surface area (TPSA) is 26.3 Å². The molecule has 72 valence electrons. The summed E-state index contributed by atoms with van der Waals surface area (Å²) in [5.41, 5.74) is 0. The van der Waals surface area contributed by atoms with Gasteiger partial charge in [-0.15, -0.1) is 13.2 Å². The lowest BCUT2D eigenvalue weighted by Crippen LogP contribution is -2.18. The van der Waals surface area contributed by atoms with Crippen LogP contribution >= 0.6 is 0 Å². The molecule has 1 saturated carbocycles. The predicted molar refractivity (Wildman–Crippen MR) is 52.1 cm³/mol. The minimum atomic E-state index is -0.116. The maximum Gasteiger partial charge on any atom is 0.309 e. The molecule has 0 saturated heterocycles. The predicted octanol–water partition coefficient (Wildman–Crippen LogP) is 2.17. The van der Waals surface area contributed by atoms with Crippen LogP contribution in [0.15, 0.2) is 25.3 Å². The van der Waals surface area contributed by atoms with Gasteiger partial charge in [-0.3, -0.25) is 4.79 Å². The van der Waals surface area contributed by atoms with E-state index in [4.69, 9.17) is 4.74 Å². The second-order valence-corrected chi connectivity index (χ2v) is 3.50. The zero-order valence-corrected chi connectivity index (χ0v) is 8.03. The van der Waals surface area contributed by atoms with Crippen molar-refractivity contribution in [2.45, 2.75) is 12.8 Å². The number of hydrogen-bond acceptors (Lipinski definition) is 2. The maximum absolute atomic E-state index is 11.3. The van der Waals surface area contributed by atoms with Gasteiger partial charge >= 0.3 is 5.97 Å². The van der Waals surface area contributed by atoms with Crippen LogP contribution in [0.25, 0.3) is 0 Å². The van der Waals surface area contributed by atoms with Crippen molar-refractivity contribution in [3.8, 4) is 0 Å². The SMILES string of the molecule is C=C[C@@H]1CC(C(=O)OC)[C@H](C=C)C1. The average molecular weight is 180 g/mol. The van der Waals surface area contributed by atoms with Gasteiger partial charge in [-0.1, -0.05) is 12.2 Å². The normalized spacial score (nSPS) is 32.5.